The molecule has 1 unspecified atom stereocenters. The Balaban J connectivity index is 2.26. The molecule has 0 saturated carbocycles. The summed E-state index contributed by atoms with van der Waals surface area (Å²) in [7, 11) is 0. The van der Waals surface area contributed by atoms with E-state index >= 15 is 0 Å². The molecule has 0 radical (unpaired) electrons. The molecule has 8 heteroatoms. The fraction of sp³-hybridized carbons (Fsp3) is 0.636. The molecule has 1 aromatic heterocycles. The summed E-state index contributed by atoms with van der Waals surface area (Å²) in [5.41, 5.74) is 5.33. The number of hydrogen-bond donors (Lipinski definition) is 2. The van der Waals surface area contributed by atoms with E-state index in [1.54, 1.807) is 0 Å². The number of piperidine rings is 1. The third-order valence-corrected chi connectivity index (χ3v) is 3.37. The lowest BCUT2D eigenvalue weighted by Crippen LogP contribution is -2.36. The van der Waals surface area contributed by atoms with Crippen LogP contribution in [0.15, 0.2) is 6.33 Å². The highest BCUT2D eigenvalue weighted by atomic mass is 16.6. The van der Waals surface area contributed by atoms with Crippen LogP contribution in [0.4, 0.5) is 17.3 Å². The summed E-state index contributed by atoms with van der Waals surface area (Å²) in [4.78, 5) is 20.1. The number of nitrogens with zero attached hydrogens (tertiary/aromatic N) is 4. The summed E-state index contributed by atoms with van der Waals surface area (Å²) < 4.78 is 0. The van der Waals surface area contributed by atoms with E-state index < -0.39 is 4.92 Å². The first-order chi connectivity index (χ1) is 9.13. The fourth-order valence-corrected chi connectivity index (χ4v) is 2.46. The van der Waals surface area contributed by atoms with E-state index in [0.717, 1.165) is 12.8 Å². The van der Waals surface area contributed by atoms with Gasteiger partial charge in [0.25, 0.3) is 0 Å². The number of rotatable bonds is 4. The van der Waals surface area contributed by atoms with Crippen LogP contribution in [-0.2, 0) is 0 Å². The van der Waals surface area contributed by atoms with E-state index in [2.05, 4.69) is 9.97 Å². The molecule has 3 N–H and O–H groups in total. The number of anilines is 2. The van der Waals surface area contributed by atoms with Crippen molar-refractivity contribution in [3.05, 3.63) is 16.4 Å². The van der Waals surface area contributed by atoms with Gasteiger partial charge in [-0.1, -0.05) is 0 Å². The highest BCUT2D eigenvalue weighted by Crippen LogP contribution is 2.32. The van der Waals surface area contributed by atoms with Gasteiger partial charge in [-0.05, 0) is 25.2 Å². The largest absolute Gasteiger partial charge is 0.396 e. The number of nitrogen functional groups attached to an aromatic ring is 1. The monoisotopic (exact) mass is 267 g/mol. The minimum absolute atomic E-state index is 0.112. The van der Waals surface area contributed by atoms with E-state index in [4.69, 9.17) is 10.8 Å². The van der Waals surface area contributed by atoms with Crippen LogP contribution < -0.4 is 10.6 Å². The number of aliphatic hydroxyl groups excluding tert-OH is 1. The van der Waals surface area contributed by atoms with Crippen molar-refractivity contribution < 1.29 is 10.0 Å². The van der Waals surface area contributed by atoms with Crippen LogP contribution in [-0.4, -0.2) is 39.7 Å². The Morgan fingerprint density at radius 1 is 1.58 bits per heavy atom. The van der Waals surface area contributed by atoms with Crippen molar-refractivity contribution in [2.75, 3.05) is 30.3 Å². The van der Waals surface area contributed by atoms with E-state index in [0.29, 0.717) is 25.4 Å². The summed E-state index contributed by atoms with van der Waals surface area (Å²) >= 11 is 0. The van der Waals surface area contributed by atoms with Crippen LogP contribution in [0.1, 0.15) is 19.3 Å². The number of aliphatic hydroxyl groups is 1. The SMILES string of the molecule is Nc1ncnc(N2CCCC(CCO)C2)c1[N+](=O)[O-]. The maximum Gasteiger partial charge on any atom is 0.353 e. The highest BCUT2D eigenvalue weighted by Gasteiger charge is 2.29. The fourth-order valence-electron chi connectivity index (χ4n) is 2.46. The first kappa shape index (κ1) is 13.5. The molecule has 1 aromatic rings. The highest BCUT2D eigenvalue weighted by molar-refractivity contribution is 5.68. The summed E-state index contributed by atoms with van der Waals surface area (Å²) in [5.74, 6) is 0.494. The van der Waals surface area contributed by atoms with Gasteiger partial charge in [0.15, 0.2) is 0 Å². The van der Waals surface area contributed by atoms with Crippen molar-refractivity contribution in [2.45, 2.75) is 19.3 Å². The molecular weight excluding hydrogens is 250 g/mol. The van der Waals surface area contributed by atoms with Crippen molar-refractivity contribution in [3.63, 3.8) is 0 Å². The zero-order valence-corrected chi connectivity index (χ0v) is 10.5. The minimum atomic E-state index is -0.541. The van der Waals surface area contributed by atoms with Crippen LogP contribution in [0.2, 0.25) is 0 Å². The Labute approximate surface area is 110 Å². The van der Waals surface area contributed by atoms with Gasteiger partial charge in [-0.3, -0.25) is 10.1 Å². The first-order valence-electron chi connectivity index (χ1n) is 6.24. The van der Waals surface area contributed by atoms with Crippen molar-refractivity contribution in [1.29, 1.82) is 0 Å². The average molecular weight is 267 g/mol. The molecule has 1 atom stereocenters. The Bertz CT molecular complexity index is 466. The topological polar surface area (TPSA) is 118 Å². The zero-order chi connectivity index (χ0) is 13.8. The van der Waals surface area contributed by atoms with Gasteiger partial charge in [0.1, 0.15) is 6.33 Å². The predicted molar refractivity (Wildman–Crippen MR) is 69.7 cm³/mol. The zero-order valence-electron chi connectivity index (χ0n) is 10.5. The van der Waals surface area contributed by atoms with Gasteiger partial charge in [0.05, 0.1) is 4.92 Å². The standard InChI is InChI=1S/C11H17N5O3/c12-10-9(16(18)19)11(14-7-13-10)15-4-1-2-8(6-15)3-5-17/h7-8,17H,1-6H2,(H2,12,13,14). The Morgan fingerprint density at radius 2 is 2.37 bits per heavy atom. The van der Waals surface area contributed by atoms with Crippen LogP contribution in [0.5, 0.6) is 0 Å². The second kappa shape index (κ2) is 5.79. The molecule has 8 nitrogen and oxygen atoms in total. The molecule has 2 heterocycles. The van der Waals surface area contributed by atoms with Gasteiger partial charge in [0, 0.05) is 19.7 Å². The Hall–Kier alpha value is -1.96. The van der Waals surface area contributed by atoms with Gasteiger partial charge in [-0.15, -0.1) is 0 Å². The van der Waals surface area contributed by atoms with Crippen LogP contribution in [0.3, 0.4) is 0 Å². The minimum Gasteiger partial charge on any atom is -0.396 e. The molecule has 1 aliphatic rings. The summed E-state index contributed by atoms with van der Waals surface area (Å²) in [6, 6.07) is 0. The van der Waals surface area contributed by atoms with E-state index in [-0.39, 0.29) is 23.9 Å². The molecule has 1 aliphatic heterocycles. The second-order valence-electron chi connectivity index (χ2n) is 4.65. The van der Waals surface area contributed by atoms with Crippen LogP contribution in [0, 0.1) is 16.0 Å². The maximum absolute atomic E-state index is 11.1. The van der Waals surface area contributed by atoms with E-state index in [1.165, 1.54) is 6.33 Å². The number of nitrogens with two attached hydrogens (primary N) is 1. The van der Waals surface area contributed by atoms with Gasteiger partial charge < -0.3 is 15.7 Å². The molecule has 0 aromatic carbocycles. The molecule has 1 saturated heterocycles. The molecule has 19 heavy (non-hydrogen) atoms. The number of nitro groups is 1. The van der Waals surface area contributed by atoms with Gasteiger partial charge in [0.2, 0.25) is 11.6 Å². The smallest absolute Gasteiger partial charge is 0.353 e. The molecule has 1 fully saturated rings. The lowest BCUT2D eigenvalue weighted by molar-refractivity contribution is -0.383. The third kappa shape index (κ3) is 2.90. The predicted octanol–water partition coefficient (Wildman–Crippen LogP) is 0.566. The quantitative estimate of drug-likeness (QED) is 0.604. The van der Waals surface area contributed by atoms with Crippen LogP contribution >= 0.6 is 0 Å². The Morgan fingerprint density at radius 3 is 3.05 bits per heavy atom. The van der Waals surface area contributed by atoms with Crippen molar-refractivity contribution in [2.24, 2.45) is 5.92 Å². The molecule has 104 valence electrons. The van der Waals surface area contributed by atoms with Crippen molar-refractivity contribution >= 4 is 17.3 Å². The third-order valence-electron chi connectivity index (χ3n) is 3.37. The maximum atomic E-state index is 11.1. The normalized spacial score (nSPS) is 19.4. The molecule has 2 rings (SSSR count). The molecule has 0 spiro atoms. The molecule has 0 bridgehead atoms. The average Bonchev–Trinajstić information content (AvgIpc) is 2.38. The van der Waals surface area contributed by atoms with Gasteiger partial charge >= 0.3 is 5.69 Å². The lowest BCUT2D eigenvalue weighted by atomic mass is 9.95. The number of hydrogen-bond acceptors (Lipinski definition) is 7. The molecule has 0 aliphatic carbocycles. The summed E-state index contributed by atoms with van der Waals surface area (Å²) in [6.45, 7) is 1.49. The first-order valence-corrected chi connectivity index (χ1v) is 6.24. The van der Waals surface area contributed by atoms with E-state index in [9.17, 15) is 10.1 Å². The van der Waals surface area contributed by atoms with Crippen LogP contribution in [0.25, 0.3) is 0 Å². The van der Waals surface area contributed by atoms with E-state index in [1.807, 2.05) is 4.90 Å². The van der Waals surface area contributed by atoms with Crippen molar-refractivity contribution in [1.82, 2.24) is 9.97 Å². The lowest BCUT2D eigenvalue weighted by Gasteiger charge is -2.32. The van der Waals surface area contributed by atoms with Crippen molar-refractivity contribution in [3.8, 4) is 0 Å². The Kier molecular flexibility index (Phi) is 4.10. The summed E-state index contributed by atoms with van der Waals surface area (Å²) in [6.07, 6.45) is 3.88. The summed E-state index contributed by atoms with van der Waals surface area (Å²) in [5, 5.41) is 20.1. The number of aromatic nitrogens is 2. The van der Waals surface area contributed by atoms with Gasteiger partial charge in [-0.2, -0.15) is 0 Å². The second-order valence-corrected chi connectivity index (χ2v) is 4.65. The molecular formula is C11H17N5O3. The molecule has 0 amide bonds. The van der Waals surface area contributed by atoms with Gasteiger partial charge in [-0.25, -0.2) is 9.97 Å².